The minimum atomic E-state index is -4.45. The predicted molar refractivity (Wildman–Crippen MR) is 91.0 cm³/mol. The molecule has 0 fully saturated rings. The Labute approximate surface area is 148 Å². The van der Waals surface area contributed by atoms with Gasteiger partial charge in [-0.05, 0) is 35.9 Å². The van der Waals surface area contributed by atoms with E-state index in [1.165, 1.54) is 0 Å². The summed E-state index contributed by atoms with van der Waals surface area (Å²) in [5, 5.41) is 2.47. The van der Waals surface area contributed by atoms with Gasteiger partial charge in [0.15, 0.2) is 0 Å². The van der Waals surface area contributed by atoms with Gasteiger partial charge in [-0.25, -0.2) is 0 Å². The Morgan fingerprint density at radius 1 is 1.12 bits per heavy atom. The number of hydrogen-bond acceptors (Lipinski definition) is 2. The quantitative estimate of drug-likeness (QED) is 0.907. The number of halogens is 3. The Morgan fingerprint density at radius 3 is 2.42 bits per heavy atom. The number of nitrogens with zero attached hydrogens (tertiary/aromatic N) is 1. The molecule has 0 bridgehead atoms. The molecule has 2 aromatic rings. The lowest BCUT2D eigenvalue weighted by atomic mass is 10.0. The zero-order chi connectivity index (χ0) is 18.9. The van der Waals surface area contributed by atoms with Gasteiger partial charge < -0.3 is 10.2 Å². The number of alkyl halides is 3. The number of amides is 2. The largest absolute Gasteiger partial charge is 0.416 e. The molecule has 1 aliphatic heterocycles. The molecule has 3 rings (SSSR count). The first-order valence-corrected chi connectivity index (χ1v) is 8.12. The number of fused-ring (bicyclic) bond motifs is 1. The van der Waals surface area contributed by atoms with Gasteiger partial charge in [0.2, 0.25) is 5.91 Å². The molecule has 1 N–H and O–H groups in total. The Bertz CT molecular complexity index is 831. The van der Waals surface area contributed by atoms with Crippen molar-refractivity contribution in [1.29, 1.82) is 0 Å². The average molecular weight is 362 g/mol. The van der Waals surface area contributed by atoms with Gasteiger partial charge >= 0.3 is 6.18 Å². The molecule has 2 amide bonds. The normalized spacial score (nSPS) is 16.3. The maximum absolute atomic E-state index is 12.5. The fraction of sp³-hybridized carbons (Fsp3) is 0.263. The summed E-state index contributed by atoms with van der Waals surface area (Å²) < 4.78 is 37.6. The summed E-state index contributed by atoms with van der Waals surface area (Å²) in [4.78, 5) is 26.1. The van der Waals surface area contributed by atoms with E-state index in [0.717, 1.165) is 35.5 Å². The maximum atomic E-state index is 12.5. The van der Waals surface area contributed by atoms with Crippen LogP contribution in [0.4, 0.5) is 18.9 Å². The molecular formula is C19H17F3N2O2. The van der Waals surface area contributed by atoms with Crippen LogP contribution in [0.1, 0.15) is 34.3 Å². The highest BCUT2D eigenvalue weighted by Gasteiger charge is 2.31. The number of rotatable bonds is 3. The van der Waals surface area contributed by atoms with Crippen molar-refractivity contribution < 1.29 is 22.8 Å². The molecule has 0 aromatic heterocycles. The Balaban J connectivity index is 1.62. The summed E-state index contributed by atoms with van der Waals surface area (Å²) >= 11 is 0. The Morgan fingerprint density at radius 2 is 1.77 bits per heavy atom. The van der Waals surface area contributed by atoms with Crippen molar-refractivity contribution in [2.45, 2.75) is 19.0 Å². The number of anilines is 1. The zero-order valence-electron chi connectivity index (χ0n) is 14.0. The Hall–Kier alpha value is -2.83. The molecule has 0 aliphatic carbocycles. The molecular weight excluding hydrogens is 345 g/mol. The monoisotopic (exact) mass is 362 g/mol. The second kappa shape index (κ2) is 6.82. The van der Waals surface area contributed by atoms with Crippen LogP contribution in [0, 0.1) is 0 Å². The van der Waals surface area contributed by atoms with Crippen LogP contribution in [0.2, 0.25) is 0 Å². The summed E-state index contributed by atoms with van der Waals surface area (Å²) in [6, 6.07) is 11.5. The summed E-state index contributed by atoms with van der Waals surface area (Å²) in [7, 11) is 0. The highest BCUT2D eigenvalue weighted by molar-refractivity contribution is 6.01. The van der Waals surface area contributed by atoms with E-state index in [2.05, 4.69) is 5.32 Å². The third-order valence-electron chi connectivity index (χ3n) is 4.39. The van der Waals surface area contributed by atoms with E-state index in [1.54, 1.807) is 4.90 Å². The number of benzene rings is 2. The molecule has 1 atom stereocenters. The van der Waals surface area contributed by atoms with Gasteiger partial charge in [0.05, 0.1) is 12.1 Å². The summed E-state index contributed by atoms with van der Waals surface area (Å²) in [6.45, 7) is 2.34. The Kier molecular flexibility index (Phi) is 4.71. The van der Waals surface area contributed by atoms with Crippen LogP contribution in [-0.2, 0) is 11.0 Å². The number of nitrogens with one attached hydrogen (secondary N) is 1. The molecule has 0 radical (unpaired) electrons. The smallest absolute Gasteiger partial charge is 0.343 e. The molecule has 1 unspecified atom stereocenters. The van der Waals surface area contributed by atoms with E-state index >= 15 is 0 Å². The van der Waals surface area contributed by atoms with Crippen LogP contribution in [0.3, 0.4) is 0 Å². The second-order valence-corrected chi connectivity index (χ2v) is 6.22. The molecule has 0 saturated carbocycles. The molecule has 4 nitrogen and oxygen atoms in total. The molecule has 0 spiro atoms. The van der Waals surface area contributed by atoms with E-state index in [1.807, 2.05) is 31.2 Å². The van der Waals surface area contributed by atoms with Crippen molar-refractivity contribution in [3.05, 3.63) is 65.2 Å². The lowest BCUT2D eigenvalue weighted by Crippen LogP contribution is -2.39. The lowest BCUT2D eigenvalue weighted by Gasteiger charge is -2.18. The van der Waals surface area contributed by atoms with Gasteiger partial charge in [-0.1, -0.05) is 25.1 Å². The van der Waals surface area contributed by atoms with Crippen molar-refractivity contribution in [1.82, 2.24) is 5.32 Å². The molecule has 7 heteroatoms. The second-order valence-electron chi connectivity index (χ2n) is 6.22. The summed E-state index contributed by atoms with van der Waals surface area (Å²) in [5.74, 6) is -0.643. The van der Waals surface area contributed by atoms with Gasteiger partial charge in [-0.3, -0.25) is 9.59 Å². The highest BCUT2D eigenvalue weighted by Crippen LogP contribution is 2.35. The van der Waals surface area contributed by atoms with Gasteiger partial charge in [-0.2, -0.15) is 13.2 Å². The first kappa shape index (κ1) is 18.0. The molecule has 1 heterocycles. The van der Waals surface area contributed by atoms with Gasteiger partial charge in [0, 0.05) is 23.7 Å². The topological polar surface area (TPSA) is 49.4 Å². The van der Waals surface area contributed by atoms with Gasteiger partial charge in [0.25, 0.3) is 5.91 Å². The van der Waals surface area contributed by atoms with Crippen LogP contribution in [0.15, 0.2) is 48.5 Å². The predicted octanol–water partition coefficient (Wildman–Crippen LogP) is 3.59. The van der Waals surface area contributed by atoms with Crippen LogP contribution in [0.5, 0.6) is 0 Å². The SMILES string of the molecule is CC1CN(C(=O)CNC(=O)c2ccc(C(F)(F)F)cc2)c2ccccc21. The first-order chi connectivity index (χ1) is 12.3. The fourth-order valence-corrected chi connectivity index (χ4v) is 3.02. The third-order valence-corrected chi connectivity index (χ3v) is 4.39. The summed E-state index contributed by atoms with van der Waals surface area (Å²) in [6.07, 6.45) is -4.45. The van der Waals surface area contributed by atoms with Crippen LogP contribution >= 0.6 is 0 Å². The van der Waals surface area contributed by atoms with E-state index in [0.29, 0.717) is 6.54 Å². The maximum Gasteiger partial charge on any atom is 0.416 e. The van der Waals surface area contributed by atoms with Crippen molar-refractivity contribution in [3.8, 4) is 0 Å². The molecule has 2 aromatic carbocycles. The minimum absolute atomic E-state index is 0.0704. The van der Waals surface area contributed by atoms with E-state index in [-0.39, 0.29) is 23.9 Å². The number of carbonyl (C=O) groups is 2. The molecule has 1 aliphatic rings. The van der Waals surface area contributed by atoms with Crippen LogP contribution in [-0.4, -0.2) is 24.9 Å². The minimum Gasteiger partial charge on any atom is -0.343 e. The third kappa shape index (κ3) is 3.56. The first-order valence-electron chi connectivity index (χ1n) is 8.12. The summed E-state index contributed by atoms with van der Waals surface area (Å²) in [5.41, 5.74) is 1.15. The van der Waals surface area contributed by atoms with E-state index in [9.17, 15) is 22.8 Å². The van der Waals surface area contributed by atoms with E-state index in [4.69, 9.17) is 0 Å². The number of para-hydroxylation sites is 1. The van der Waals surface area contributed by atoms with Crippen molar-refractivity contribution >= 4 is 17.5 Å². The van der Waals surface area contributed by atoms with Crippen molar-refractivity contribution in [2.24, 2.45) is 0 Å². The standard InChI is InChI=1S/C19H17F3N2O2/c1-12-11-24(16-5-3-2-4-15(12)16)17(25)10-23-18(26)13-6-8-14(9-7-13)19(20,21)22/h2-9,12H,10-11H2,1H3,(H,23,26). The fourth-order valence-electron chi connectivity index (χ4n) is 3.02. The van der Waals surface area contributed by atoms with Crippen LogP contribution < -0.4 is 10.2 Å². The van der Waals surface area contributed by atoms with Gasteiger partial charge in [-0.15, -0.1) is 0 Å². The highest BCUT2D eigenvalue weighted by atomic mass is 19.4. The van der Waals surface area contributed by atoms with Crippen molar-refractivity contribution in [2.75, 3.05) is 18.0 Å². The zero-order valence-corrected chi connectivity index (χ0v) is 14.0. The molecule has 136 valence electrons. The van der Waals surface area contributed by atoms with E-state index < -0.39 is 17.6 Å². The number of carbonyl (C=O) groups excluding carboxylic acids is 2. The number of hydrogen-bond donors (Lipinski definition) is 1. The van der Waals surface area contributed by atoms with Crippen molar-refractivity contribution in [3.63, 3.8) is 0 Å². The lowest BCUT2D eigenvalue weighted by molar-refractivity contribution is -0.137. The molecule has 26 heavy (non-hydrogen) atoms. The van der Waals surface area contributed by atoms with Crippen LogP contribution in [0.25, 0.3) is 0 Å². The average Bonchev–Trinajstić information content (AvgIpc) is 2.96. The molecule has 0 saturated heterocycles. The van der Waals surface area contributed by atoms with Gasteiger partial charge in [0.1, 0.15) is 0 Å².